The first-order valence-corrected chi connectivity index (χ1v) is 5.80. The van der Waals surface area contributed by atoms with Crippen LogP contribution in [0.25, 0.3) is 17.3 Å². The summed E-state index contributed by atoms with van der Waals surface area (Å²) in [5, 5.41) is 4.36. The molecule has 0 amide bonds. The topological polar surface area (TPSA) is 82.5 Å². The van der Waals surface area contributed by atoms with Crippen LogP contribution in [0.1, 0.15) is 5.69 Å². The average Bonchev–Trinajstić information content (AvgIpc) is 2.89. The van der Waals surface area contributed by atoms with Crippen LogP contribution < -0.4 is 5.73 Å². The minimum Gasteiger partial charge on any atom is -0.399 e. The molecule has 0 aliphatic rings. The number of hydrogen-bond acceptors (Lipinski definition) is 5. The second-order valence-electron chi connectivity index (χ2n) is 4.13. The molecule has 1 aromatic carbocycles. The van der Waals surface area contributed by atoms with Gasteiger partial charge in [-0.05, 0) is 37.3 Å². The quantitative estimate of drug-likeness (QED) is 0.701. The highest BCUT2D eigenvalue weighted by Crippen LogP contribution is 2.16. The molecular weight excluding hydrogens is 240 g/mol. The highest BCUT2D eigenvalue weighted by Gasteiger charge is 2.07. The van der Waals surface area contributed by atoms with E-state index in [2.05, 4.69) is 20.1 Å². The van der Waals surface area contributed by atoms with Gasteiger partial charge in [0.1, 0.15) is 6.33 Å². The number of aryl methyl sites for hydroxylation is 1. The zero-order valence-electron chi connectivity index (χ0n) is 10.4. The molecule has 2 aromatic heterocycles. The van der Waals surface area contributed by atoms with Gasteiger partial charge in [0.2, 0.25) is 0 Å². The highest BCUT2D eigenvalue weighted by molar-refractivity contribution is 5.58. The van der Waals surface area contributed by atoms with Crippen LogP contribution >= 0.6 is 0 Å². The standard InChI is InChI=1S/C13H12N6/c1-9-6-7-15-13(17-9)19-8-16-12(18-19)10-2-4-11(14)5-3-10/h2-8H,14H2,1H3. The number of aromatic nitrogens is 5. The predicted molar refractivity (Wildman–Crippen MR) is 71.5 cm³/mol. The van der Waals surface area contributed by atoms with Crippen LogP contribution in [-0.4, -0.2) is 24.7 Å². The van der Waals surface area contributed by atoms with Crippen molar-refractivity contribution < 1.29 is 0 Å². The molecule has 0 unspecified atom stereocenters. The fourth-order valence-corrected chi connectivity index (χ4v) is 1.67. The molecule has 0 fully saturated rings. The molecule has 3 rings (SSSR count). The van der Waals surface area contributed by atoms with Gasteiger partial charge in [0.05, 0.1) is 0 Å². The second-order valence-corrected chi connectivity index (χ2v) is 4.13. The fourth-order valence-electron chi connectivity index (χ4n) is 1.67. The summed E-state index contributed by atoms with van der Waals surface area (Å²) in [5.41, 5.74) is 8.15. The van der Waals surface area contributed by atoms with Gasteiger partial charge < -0.3 is 5.73 Å². The maximum absolute atomic E-state index is 5.65. The van der Waals surface area contributed by atoms with Crippen LogP contribution in [0, 0.1) is 6.92 Å². The van der Waals surface area contributed by atoms with Gasteiger partial charge in [-0.3, -0.25) is 0 Å². The van der Waals surface area contributed by atoms with E-state index in [1.54, 1.807) is 17.2 Å². The molecule has 6 nitrogen and oxygen atoms in total. The van der Waals surface area contributed by atoms with Crippen molar-refractivity contribution >= 4 is 5.69 Å². The lowest BCUT2D eigenvalue weighted by Gasteiger charge is -1.99. The molecule has 2 N–H and O–H groups in total. The van der Waals surface area contributed by atoms with Gasteiger partial charge in [-0.2, -0.15) is 4.68 Å². The first-order chi connectivity index (χ1) is 9.22. The van der Waals surface area contributed by atoms with E-state index >= 15 is 0 Å². The lowest BCUT2D eigenvalue weighted by Crippen LogP contribution is -2.02. The minimum absolute atomic E-state index is 0.509. The predicted octanol–water partition coefficient (Wildman–Crippen LogP) is 1.61. The van der Waals surface area contributed by atoms with Crippen LogP contribution in [0.3, 0.4) is 0 Å². The minimum atomic E-state index is 0.509. The van der Waals surface area contributed by atoms with Gasteiger partial charge >= 0.3 is 0 Å². The molecule has 0 bridgehead atoms. The Morgan fingerprint density at radius 2 is 1.84 bits per heavy atom. The third kappa shape index (κ3) is 2.28. The summed E-state index contributed by atoms with van der Waals surface area (Å²) in [6.07, 6.45) is 3.29. The van der Waals surface area contributed by atoms with Gasteiger partial charge in [0, 0.05) is 23.1 Å². The molecule has 19 heavy (non-hydrogen) atoms. The molecule has 6 heteroatoms. The van der Waals surface area contributed by atoms with Crippen molar-refractivity contribution in [1.82, 2.24) is 24.7 Å². The largest absolute Gasteiger partial charge is 0.399 e. The Labute approximate surface area is 110 Å². The molecule has 2 heterocycles. The third-order valence-corrected chi connectivity index (χ3v) is 2.65. The van der Waals surface area contributed by atoms with E-state index in [4.69, 9.17) is 5.73 Å². The molecule has 3 aromatic rings. The number of nitrogens with zero attached hydrogens (tertiary/aromatic N) is 5. The summed E-state index contributed by atoms with van der Waals surface area (Å²) >= 11 is 0. The zero-order chi connectivity index (χ0) is 13.2. The molecule has 0 saturated heterocycles. The smallest absolute Gasteiger partial charge is 0.252 e. The van der Waals surface area contributed by atoms with E-state index < -0.39 is 0 Å². The summed E-state index contributed by atoms with van der Waals surface area (Å²) < 4.78 is 1.55. The van der Waals surface area contributed by atoms with E-state index in [9.17, 15) is 0 Å². The van der Waals surface area contributed by atoms with Gasteiger partial charge in [-0.25, -0.2) is 15.0 Å². The van der Waals surface area contributed by atoms with Gasteiger partial charge in [-0.15, -0.1) is 5.10 Å². The lowest BCUT2D eigenvalue weighted by molar-refractivity contribution is 0.801. The van der Waals surface area contributed by atoms with Crippen LogP contribution in [0.5, 0.6) is 0 Å². The van der Waals surface area contributed by atoms with Crippen LogP contribution in [0.4, 0.5) is 5.69 Å². The van der Waals surface area contributed by atoms with Gasteiger partial charge in [0.15, 0.2) is 5.82 Å². The van der Waals surface area contributed by atoms with E-state index in [1.165, 1.54) is 0 Å². The van der Waals surface area contributed by atoms with Crippen LogP contribution in [0.2, 0.25) is 0 Å². The highest BCUT2D eigenvalue weighted by atomic mass is 15.4. The molecular formula is C13H12N6. The second kappa shape index (κ2) is 4.49. The Hall–Kier alpha value is -2.76. The van der Waals surface area contributed by atoms with Crippen molar-refractivity contribution in [2.75, 3.05) is 5.73 Å². The Kier molecular flexibility index (Phi) is 2.68. The van der Waals surface area contributed by atoms with Crippen LogP contribution in [0.15, 0.2) is 42.9 Å². The van der Waals surface area contributed by atoms with Crippen molar-refractivity contribution in [2.45, 2.75) is 6.92 Å². The summed E-state index contributed by atoms with van der Waals surface area (Å²) in [4.78, 5) is 12.7. The maximum Gasteiger partial charge on any atom is 0.252 e. The van der Waals surface area contributed by atoms with Crippen molar-refractivity contribution in [3.8, 4) is 17.3 Å². The Bertz CT molecular complexity index is 701. The number of nitrogens with two attached hydrogens (primary N) is 1. The Morgan fingerprint density at radius 1 is 1.05 bits per heavy atom. The molecule has 94 valence electrons. The number of rotatable bonds is 2. The van der Waals surface area contributed by atoms with E-state index in [0.717, 1.165) is 11.3 Å². The van der Waals surface area contributed by atoms with E-state index in [0.29, 0.717) is 17.5 Å². The van der Waals surface area contributed by atoms with Crippen molar-refractivity contribution in [3.05, 3.63) is 48.5 Å². The number of hydrogen-bond donors (Lipinski definition) is 1. The zero-order valence-corrected chi connectivity index (χ0v) is 10.4. The van der Waals surface area contributed by atoms with Crippen molar-refractivity contribution in [1.29, 1.82) is 0 Å². The van der Waals surface area contributed by atoms with Gasteiger partial charge in [0.25, 0.3) is 5.95 Å². The third-order valence-electron chi connectivity index (χ3n) is 2.65. The summed E-state index contributed by atoms with van der Waals surface area (Å²) in [7, 11) is 0. The van der Waals surface area contributed by atoms with Gasteiger partial charge in [-0.1, -0.05) is 0 Å². The van der Waals surface area contributed by atoms with Crippen molar-refractivity contribution in [2.24, 2.45) is 0 Å². The number of benzene rings is 1. The Morgan fingerprint density at radius 3 is 2.58 bits per heavy atom. The van der Waals surface area contributed by atoms with E-state index in [-0.39, 0.29) is 0 Å². The monoisotopic (exact) mass is 252 g/mol. The molecule has 0 aliphatic heterocycles. The molecule has 0 aliphatic carbocycles. The summed E-state index contributed by atoms with van der Waals surface area (Å²) in [6, 6.07) is 9.23. The molecule has 0 radical (unpaired) electrons. The number of nitrogen functional groups attached to an aromatic ring is 1. The average molecular weight is 252 g/mol. The molecule has 0 atom stereocenters. The lowest BCUT2D eigenvalue weighted by atomic mass is 10.2. The van der Waals surface area contributed by atoms with E-state index in [1.807, 2.05) is 37.3 Å². The van der Waals surface area contributed by atoms with Crippen molar-refractivity contribution in [3.63, 3.8) is 0 Å². The number of anilines is 1. The SMILES string of the molecule is Cc1ccnc(-n2cnc(-c3ccc(N)cc3)n2)n1. The molecule has 0 saturated carbocycles. The maximum atomic E-state index is 5.65. The summed E-state index contributed by atoms with van der Waals surface area (Å²) in [5.74, 6) is 1.12. The Balaban J connectivity index is 1.97. The first-order valence-electron chi connectivity index (χ1n) is 5.80. The normalized spacial score (nSPS) is 10.6. The summed E-state index contributed by atoms with van der Waals surface area (Å²) in [6.45, 7) is 1.91. The van der Waals surface area contributed by atoms with Crippen LogP contribution in [-0.2, 0) is 0 Å². The first kappa shape index (κ1) is 11.3. The molecule has 0 spiro atoms. The fraction of sp³-hybridized carbons (Fsp3) is 0.0769.